The lowest BCUT2D eigenvalue weighted by atomic mass is 9.83. The van der Waals surface area contributed by atoms with Gasteiger partial charge in [-0.2, -0.15) is 0 Å². The predicted molar refractivity (Wildman–Crippen MR) is 85.0 cm³/mol. The quantitative estimate of drug-likeness (QED) is 0.787. The first kappa shape index (κ1) is 13.5. The van der Waals surface area contributed by atoms with Crippen molar-refractivity contribution >= 4 is 5.69 Å². The zero-order chi connectivity index (χ0) is 14.2. The number of benzene rings is 1. The van der Waals surface area contributed by atoms with E-state index in [9.17, 15) is 0 Å². The van der Waals surface area contributed by atoms with E-state index in [4.69, 9.17) is 6.42 Å². The van der Waals surface area contributed by atoms with Crippen molar-refractivity contribution in [3.8, 4) is 12.3 Å². The van der Waals surface area contributed by atoms with Gasteiger partial charge in [-0.05, 0) is 51.0 Å². The van der Waals surface area contributed by atoms with Crippen LogP contribution in [0.3, 0.4) is 0 Å². The van der Waals surface area contributed by atoms with Gasteiger partial charge in [0.05, 0.1) is 0 Å². The predicted octanol–water partition coefficient (Wildman–Crippen LogP) is 3.17. The van der Waals surface area contributed by atoms with Crippen molar-refractivity contribution in [1.29, 1.82) is 0 Å². The largest absolute Gasteiger partial charge is 0.365 e. The van der Waals surface area contributed by atoms with Gasteiger partial charge in [0, 0.05) is 35.4 Å². The third-order valence-electron chi connectivity index (χ3n) is 4.64. The summed E-state index contributed by atoms with van der Waals surface area (Å²) >= 11 is 0. The van der Waals surface area contributed by atoms with Crippen molar-refractivity contribution in [2.24, 2.45) is 0 Å². The van der Waals surface area contributed by atoms with Gasteiger partial charge in [-0.15, -0.1) is 6.42 Å². The zero-order valence-corrected chi connectivity index (χ0v) is 12.5. The summed E-state index contributed by atoms with van der Waals surface area (Å²) in [6.07, 6.45) is 10.8. The maximum atomic E-state index is 5.45. The second kappa shape index (κ2) is 5.14. The molecule has 2 atom stereocenters. The van der Waals surface area contributed by atoms with Gasteiger partial charge in [-0.25, -0.2) is 0 Å². The molecule has 3 rings (SSSR count). The van der Waals surface area contributed by atoms with E-state index >= 15 is 0 Å². The molecular formula is C18H24N2. The van der Waals surface area contributed by atoms with Crippen LogP contribution in [0.4, 0.5) is 5.69 Å². The lowest BCUT2D eigenvalue weighted by Crippen LogP contribution is -2.67. The molecule has 2 nitrogen and oxygen atoms in total. The molecule has 1 aliphatic carbocycles. The van der Waals surface area contributed by atoms with Crippen LogP contribution in [0.5, 0.6) is 0 Å². The minimum atomic E-state index is 0.170. The molecule has 20 heavy (non-hydrogen) atoms. The summed E-state index contributed by atoms with van der Waals surface area (Å²) in [6.45, 7) is 5.67. The maximum absolute atomic E-state index is 5.45. The minimum Gasteiger partial charge on any atom is -0.365 e. The van der Waals surface area contributed by atoms with Crippen molar-refractivity contribution in [3.63, 3.8) is 0 Å². The van der Waals surface area contributed by atoms with Gasteiger partial charge >= 0.3 is 0 Å². The Morgan fingerprint density at radius 3 is 2.60 bits per heavy atom. The molecule has 1 aromatic rings. The Morgan fingerprint density at radius 2 is 1.90 bits per heavy atom. The number of rotatable bonds is 1. The highest BCUT2D eigenvalue weighted by molar-refractivity contribution is 5.52. The Balaban J connectivity index is 1.89. The van der Waals surface area contributed by atoms with Gasteiger partial charge in [0.15, 0.2) is 0 Å². The Kier molecular flexibility index (Phi) is 3.48. The molecule has 0 bridgehead atoms. The highest BCUT2D eigenvalue weighted by Crippen LogP contribution is 2.33. The van der Waals surface area contributed by atoms with Gasteiger partial charge in [0.1, 0.15) is 0 Å². The molecule has 1 aromatic carbocycles. The third kappa shape index (κ3) is 2.55. The van der Waals surface area contributed by atoms with E-state index in [2.05, 4.69) is 54.3 Å². The summed E-state index contributed by atoms with van der Waals surface area (Å²) in [6, 6.07) is 9.74. The van der Waals surface area contributed by atoms with Crippen molar-refractivity contribution in [2.45, 2.75) is 57.2 Å². The van der Waals surface area contributed by atoms with Crippen molar-refractivity contribution < 1.29 is 0 Å². The molecule has 1 heterocycles. The second-order valence-corrected chi connectivity index (χ2v) is 6.81. The SMILES string of the molecule is C#Cc1ccc(N2CC(C)(C)N[C@H]3CCCC[C@@H]32)cc1. The third-order valence-corrected chi connectivity index (χ3v) is 4.64. The lowest BCUT2D eigenvalue weighted by Gasteiger charge is -2.52. The van der Waals surface area contributed by atoms with Crippen LogP contribution in [0.15, 0.2) is 24.3 Å². The number of nitrogens with zero attached hydrogens (tertiary/aromatic N) is 1. The van der Waals surface area contributed by atoms with E-state index in [0.29, 0.717) is 12.1 Å². The molecule has 0 spiro atoms. The Bertz CT molecular complexity index is 509. The van der Waals surface area contributed by atoms with Crippen LogP contribution in [0.25, 0.3) is 0 Å². The fourth-order valence-electron chi connectivity index (χ4n) is 3.78. The molecule has 0 unspecified atom stereocenters. The van der Waals surface area contributed by atoms with Crippen LogP contribution in [0, 0.1) is 12.3 Å². The number of fused-ring (bicyclic) bond motifs is 1. The zero-order valence-electron chi connectivity index (χ0n) is 12.5. The molecule has 0 aromatic heterocycles. The van der Waals surface area contributed by atoms with E-state index in [1.807, 2.05) is 0 Å². The van der Waals surface area contributed by atoms with Gasteiger partial charge < -0.3 is 10.2 Å². The molecule has 1 saturated carbocycles. The van der Waals surface area contributed by atoms with Crippen molar-refractivity contribution in [2.75, 3.05) is 11.4 Å². The molecule has 0 amide bonds. The number of anilines is 1. The van der Waals surface area contributed by atoms with E-state index < -0.39 is 0 Å². The highest BCUT2D eigenvalue weighted by Gasteiger charge is 2.40. The summed E-state index contributed by atoms with van der Waals surface area (Å²) in [5.41, 5.74) is 2.45. The molecule has 2 fully saturated rings. The molecule has 2 heteroatoms. The monoisotopic (exact) mass is 268 g/mol. The first-order valence-electron chi connectivity index (χ1n) is 7.70. The van der Waals surface area contributed by atoms with Crippen LogP contribution in [0.1, 0.15) is 45.1 Å². The van der Waals surface area contributed by atoms with E-state index in [0.717, 1.165) is 12.1 Å². The average Bonchev–Trinajstić information content (AvgIpc) is 2.45. The van der Waals surface area contributed by atoms with Crippen LogP contribution >= 0.6 is 0 Å². The minimum absolute atomic E-state index is 0.170. The van der Waals surface area contributed by atoms with E-state index in [-0.39, 0.29) is 5.54 Å². The number of terminal acetylenes is 1. The fourth-order valence-corrected chi connectivity index (χ4v) is 3.78. The average molecular weight is 268 g/mol. The van der Waals surface area contributed by atoms with E-state index in [1.54, 1.807) is 0 Å². The van der Waals surface area contributed by atoms with Gasteiger partial charge in [0.25, 0.3) is 0 Å². The molecule has 2 aliphatic rings. The van der Waals surface area contributed by atoms with Crippen LogP contribution < -0.4 is 10.2 Å². The molecule has 1 N–H and O–H groups in total. The van der Waals surface area contributed by atoms with Crippen LogP contribution in [-0.2, 0) is 0 Å². The fraction of sp³-hybridized carbons (Fsp3) is 0.556. The first-order valence-corrected chi connectivity index (χ1v) is 7.70. The normalized spacial score (nSPS) is 28.6. The van der Waals surface area contributed by atoms with Crippen LogP contribution in [-0.4, -0.2) is 24.2 Å². The topological polar surface area (TPSA) is 15.3 Å². The molecule has 0 radical (unpaired) electrons. The Hall–Kier alpha value is -1.46. The smallest absolute Gasteiger partial charge is 0.0444 e. The second-order valence-electron chi connectivity index (χ2n) is 6.81. The van der Waals surface area contributed by atoms with Gasteiger partial charge in [0.2, 0.25) is 0 Å². The molecular weight excluding hydrogens is 244 g/mol. The number of hydrogen-bond donors (Lipinski definition) is 1. The molecule has 1 saturated heterocycles. The Morgan fingerprint density at radius 1 is 1.20 bits per heavy atom. The number of piperazine rings is 1. The van der Waals surface area contributed by atoms with Gasteiger partial charge in [-0.1, -0.05) is 18.8 Å². The summed E-state index contributed by atoms with van der Waals surface area (Å²) in [5, 5.41) is 3.84. The van der Waals surface area contributed by atoms with Gasteiger partial charge in [-0.3, -0.25) is 0 Å². The standard InChI is InChI=1S/C18H24N2/c1-4-14-9-11-15(12-10-14)20-13-18(2,3)19-16-7-5-6-8-17(16)20/h1,9-12,16-17,19H,5-8,13H2,2-3H3/t16-,17-/m0/s1. The van der Waals surface area contributed by atoms with E-state index in [1.165, 1.54) is 31.4 Å². The number of nitrogens with one attached hydrogen (secondary N) is 1. The van der Waals surface area contributed by atoms with Crippen LogP contribution in [0.2, 0.25) is 0 Å². The first-order chi connectivity index (χ1) is 9.59. The molecule has 106 valence electrons. The maximum Gasteiger partial charge on any atom is 0.0444 e. The van der Waals surface area contributed by atoms with Crippen molar-refractivity contribution in [1.82, 2.24) is 5.32 Å². The summed E-state index contributed by atoms with van der Waals surface area (Å²) in [4.78, 5) is 2.60. The summed E-state index contributed by atoms with van der Waals surface area (Å²) < 4.78 is 0. The van der Waals surface area contributed by atoms with Crippen molar-refractivity contribution in [3.05, 3.63) is 29.8 Å². The highest BCUT2D eigenvalue weighted by atomic mass is 15.3. The summed E-state index contributed by atoms with van der Waals surface area (Å²) in [5.74, 6) is 2.70. The summed E-state index contributed by atoms with van der Waals surface area (Å²) in [7, 11) is 0. The molecule has 1 aliphatic heterocycles. The lowest BCUT2D eigenvalue weighted by molar-refractivity contribution is 0.199. The number of hydrogen-bond acceptors (Lipinski definition) is 2. The Labute approximate surface area is 122 Å².